The molecule has 0 saturated heterocycles. The van der Waals surface area contributed by atoms with Crippen molar-refractivity contribution in [1.82, 2.24) is 5.32 Å². The zero-order valence-corrected chi connectivity index (χ0v) is 11.7. The van der Waals surface area contributed by atoms with Gasteiger partial charge >= 0.3 is 5.97 Å². The summed E-state index contributed by atoms with van der Waals surface area (Å²) in [5, 5.41) is 11.8. The van der Waals surface area contributed by atoms with Gasteiger partial charge in [0, 0.05) is 18.9 Å². The van der Waals surface area contributed by atoms with Crippen molar-refractivity contribution in [2.75, 3.05) is 31.8 Å². The molecule has 0 rings (SSSR count). The van der Waals surface area contributed by atoms with Gasteiger partial charge < -0.3 is 15.2 Å². The van der Waals surface area contributed by atoms with E-state index in [9.17, 15) is 4.79 Å². The van der Waals surface area contributed by atoms with Crippen LogP contribution < -0.4 is 5.32 Å². The van der Waals surface area contributed by atoms with Gasteiger partial charge in [-0.25, -0.2) is 0 Å². The fourth-order valence-corrected chi connectivity index (χ4v) is 2.23. The van der Waals surface area contributed by atoms with Crippen LogP contribution in [0.5, 0.6) is 0 Å². The predicted octanol–water partition coefficient (Wildman–Crippen LogP) is 1.42. The molecule has 0 bridgehead atoms. The fourth-order valence-electron chi connectivity index (χ4n) is 1.43. The smallest absolute Gasteiger partial charge is 0.322 e. The lowest BCUT2D eigenvalue weighted by molar-refractivity contribution is -0.143. The molecule has 0 heterocycles. The molecule has 0 aromatic heterocycles. The van der Waals surface area contributed by atoms with Gasteiger partial charge in [0.15, 0.2) is 0 Å². The number of esters is 1. The Balaban J connectivity index is 3.64. The predicted molar refractivity (Wildman–Crippen MR) is 72.4 cm³/mol. The second kappa shape index (κ2) is 12.2. The van der Waals surface area contributed by atoms with E-state index in [1.807, 2.05) is 0 Å². The molecular formula is C12H25NO3S. The second-order valence-electron chi connectivity index (χ2n) is 3.86. The molecule has 1 atom stereocenters. The van der Waals surface area contributed by atoms with Crippen molar-refractivity contribution in [2.45, 2.75) is 38.6 Å². The zero-order chi connectivity index (χ0) is 12.9. The summed E-state index contributed by atoms with van der Waals surface area (Å²) >= 11 is 1.79. The van der Waals surface area contributed by atoms with Crippen molar-refractivity contribution in [3.63, 3.8) is 0 Å². The first-order valence-electron chi connectivity index (χ1n) is 6.26. The second-order valence-corrected chi connectivity index (χ2v) is 5.09. The number of methoxy groups -OCH3 is 1. The number of hydrogen-bond donors (Lipinski definition) is 2. The van der Waals surface area contributed by atoms with Crippen molar-refractivity contribution >= 4 is 17.7 Å². The Morgan fingerprint density at radius 1 is 1.41 bits per heavy atom. The van der Waals surface area contributed by atoms with Crippen LogP contribution in [0.1, 0.15) is 32.6 Å². The highest BCUT2D eigenvalue weighted by atomic mass is 32.2. The summed E-state index contributed by atoms with van der Waals surface area (Å²) in [5.41, 5.74) is 0. The van der Waals surface area contributed by atoms with Gasteiger partial charge in [0.2, 0.25) is 0 Å². The van der Waals surface area contributed by atoms with Crippen LogP contribution in [0.4, 0.5) is 0 Å². The number of aliphatic hydroxyl groups is 1. The highest BCUT2D eigenvalue weighted by molar-refractivity contribution is 7.99. The van der Waals surface area contributed by atoms with E-state index in [0.29, 0.717) is 0 Å². The highest BCUT2D eigenvalue weighted by Gasteiger charge is 2.16. The van der Waals surface area contributed by atoms with Crippen LogP contribution in [0, 0.1) is 0 Å². The summed E-state index contributed by atoms with van der Waals surface area (Å²) < 4.78 is 4.76. The zero-order valence-electron chi connectivity index (χ0n) is 10.9. The Hall–Kier alpha value is -0.260. The summed E-state index contributed by atoms with van der Waals surface area (Å²) in [6.45, 7) is 3.17. The lowest BCUT2D eigenvalue weighted by Gasteiger charge is -2.15. The summed E-state index contributed by atoms with van der Waals surface area (Å²) in [7, 11) is 1.43. The number of carbonyl (C=O) groups excluding carboxylic acids is 1. The summed E-state index contributed by atoms with van der Waals surface area (Å²) in [4.78, 5) is 11.5. The fraction of sp³-hybridized carbons (Fsp3) is 0.917. The third-order valence-corrected chi connectivity index (χ3v) is 3.49. The van der Waals surface area contributed by atoms with E-state index in [2.05, 4.69) is 12.2 Å². The number of carbonyl (C=O) groups is 1. The Kier molecular flexibility index (Phi) is 12.0. The normalized spacial score (nSPS) is 12.4. The molecular weight excluding hydrogens is 238 g/mol. The van der Waals surface area contributed by atoms with Crippen molar-refractivity contribution in [2.24, 2.45) is 0 Å². The van der Waals surface area contributed by atoms with E-state index in [0.717, 1.165) is 43.7 Å². The Morgan fingerprint density at radius 2 is 2.18 bits per heavy atom. The molecule has 17 heavy (non-hydrogen) atoms. The van der Waals surface area contributed by atoms with E-state index in [1.54, 1.807) is 11.8 Å². The van der Waals surface area contributed by atoms with E-state index in [1.165, 1.54) is 7.11 Å². The van der Waals surface area contributed by atoms with Gasteiger partial charge in [-0.15, -0.1) is 0 Å². The standard InChI is InChI=1S/C12H25NO3S/c1-3-4-6-11(12(15)16-2)13-7-10-17-9-5-8-14/h11,13-14H,3-10H2,1-2H3. The molecule has 0 aliphatic heterocycles. The summed E-state index contributed by atoms with van der Waals surface area (Å²) in [5.74, 6) is 1.76. The molecule has 0 aromatic rings. The van der Waals surface area contributed by atoms with E-state index < -0.39 is 0 Å². The molecule has 1 unspecified atom stereocenters. The van der Waals surface area contributed by atoms with Crippen LogP contribution in [-0.2, 0) is 9.53 Å². The van der Waals surface area contributed by atoms with Gasteiger partial charge in [-0.2, -0.15) is 11.8 Å². The van der Waals surface area contributed by atoms with Gasteiger partial charge in [-0.3, -0.25) is 4.79 Å². The molecule has 0 aliphatic rings. The molecule has 4 nitrogen and oxygen atoms in total. The van der Waals surface area contributed by atoms with E-state index in [4.69, 9.17) is 9.84 Å². The average Bonchev–Trinajstić information content (AvgIpc) is 2.36. The van der Waals surface area contributed by atoms with Gasteiger partial charge in [0.05, 0.1) is 7.11 Å². The summed E-state index contributed by atoms with van der Waals surface area (Å²) in [6.07, 6.45) is 3.79. The Morgan fingerprint density at radius 3 is 2.76 bits per heavy atom. The van der Waals surface area contributed by atoms with Crippen molar-refractivity contribution in [3.05, 3.63) is 0 Å². The molecule has 0 aromatic carbocycles. The van der Waals surface area contributed by atoms with Gasteiger partial charge in [-0.05, 0) is 18.6 Å². The molecule has 0 saturated carbocycles. The van der Waals surface area contributed by atoms with Gasteiger partial charge in [-0.1, -0.05) is 19.8 Å². The van der Waals surface area contributed by atoms with Gasteiger partial charge in [0.25, 0.3) is 0 Å². The van der Waals surface area contributed by atoms with Crippen molar-refractivity contribution in [3.8, 4) is 0 Å². The molecule has 0 amide bonds. The largest absolute Gasteiger partial charge is 0.468 e. The van der Waals surface area contributed by atoms with Crippen LogP contribution in [0.3, 0.4) is 0 Å². The minimum atomic E-state index is -0.168. The van der Waals surface area contributed by atoms with Crippen molar-refractivity contribution < 1.29 is 14.6 Å². The topological polar surface area (TPSA) is 58.6 Å². The third-order valence-electron chi connectivity index (χ3n) is 2.42. The Bertz CT molecular complexity index is 191. The maximum atomic E-state index is 11.5. The van der Waals surface area contributed by atoms with Gasteiger partial charge in [0.1, 0.15) is 6.04 Å². The number of unbranched alkanes of at least 4 members (excludes halogenated alkanes) is 1. The van der Waals surface area contributed by atoms with Crippen LogP contribution in [0.15, 0.2) is 0 Å². The molecule has 0 spiro atoms. The third kappa shape index (κ3) is 9.44. The first-order valence-corrected chi connectivity index (χ1v) is 7.41. The number of aliphatic hydroxyl groups excluding tert-OH is 1. The van der Waals surface area contributed by atoms with Crippen LogP contribution in [-0.4, -0.2) is 48.9 Å². The average molecular weight is 263 g/mol. The van der Waals surface area contributed by atoms with Crippen LogP contribution >= 0.6 is 11.8 Å². The molecule has 102 valence electrons. The summed E-state index contributed by atoms with van der Waals surface area (Å²) in [6, 6.07) is -0.168. The van der Waals surface area contributed by atoms with E-state index in [-0.39, 0.29) is 18.6 Å². The lowest BCUT2D eigenvalue weighted by Crippen LogP contribution is -2.38. The van der Waals surface area contributed by atoms with Crippen LogP contribution in [0.2, 0.25) is 0 Å². The number of nitrogens with one attached hydrogen (secondary N) is 1. The molecule has 0 aliphatic carbocycles. The number of ether oxygens (including phenoxy) is 1. The minimum Gasteiger partial charge on any atom is -0.468 e. The molecule has 5 heteroatoms. The first-order chi connectivity index (χ1) is 8.26. The highest BCUT2D eigenvalue weighted by Crippen LogP contribution is 2.04. The number of thioether (sulfide) groups is 1. The lowest BCUT2D eigenvalue weighted by atomic mass is 10.1. The maximum absolute atomic E-state index is 11.5. The number of rotatable bonds is 11. The minimum absolute atomic E-state index is 0.168. The van der Waals surface area contributed by atoms with Crippen molar-refractivity contribution in [1.29, 1.82) is 0 Å². The first kappa shape index (κ1) is 16.7. The molecule has 0 radical (unpaired) electrons. The molecule has 0 fully saturated rings. The van der Waals surface area contributed by atoms with Crippen LogP contribution in [0.25, 0.3) is 0 Å². The molecule has 2 N–H and O–H groups in total. The van der Waals surface area contributed by atoms with E-state index >= 15 is 0 Å². The monoisotopic (exact) mass is 263 g/mol. The maximum Gasteiger partial charge on any atom is 0.322 e. The Labute approximate surface area is 108 Å². The number of hydrogen-bond acceptors (Lipinski definition) is 5. The SMILES string of the molecule is CCCCC(NCCSCCCO)C(=O)OC. The quantitative estimate of drug-likeness (QED) is 0.436.